The van der Waals surface area contributed by atoms with E-state index in [1.807, 2.05) is 36.1 Å². The number of amides is 1. The second-order valence-corrected chi connectivity index (χ2v) is 4.81. The lowest BCUT2D eigenvalue weighted by atomic mass is 10.1. The number of rotatable bonds is 3. The van der Waals surface area contributed by atoms with Crippen molar-refractivity contribution in [2.45, 2.75) is 25.8 Å². The molecule has 2 rings (SSSR count). The summed E-state index contributed by atoms with van der Waals surface area (Å²) in [6.45, 7) is 3.44. The van der Waals surface area contributed by atoms with Crippen molar-refractivity contribution in [3.05, 3.63) is 41.5 Å². The van der Waals surface area contributed by atoms with Gasteiger partial charge in [-0.1, -0.05) is 29.8 Å². The van der Waals surface area contributed by atoms with Crippen molar-refractivity contribution >= 4 is 12.0 Å². The Labute approximate surface area is 108 Å². The van der Waals surface area contributed by atoms with Crippen LogP contribution in [0, 0.1) is 6.92 Å². The lowest BCUT2D eigenvalue weighted by molar-refractivity contribution is -0.126. The van der Waals surface area contributed by atoms with Crippen LogP contribution in [-0.2, 0) is 4.79 Å². The van der Waals surface area contributed by atoms with Gasteiger partial charge in [-0.3, -0.25) is 4.79 Å². The summed E-state index contributed by atoms with van der Waals surface area (Å²) in [7, 11) is 0. The van der Waals surface area contributed by atoms with Crippen LogP contribution in [0.25, 0.3) is 6.08 Å². The van der Waals surface area contributed by atoms with Gasteiger partial charge in [-0.15, -0.1) is 0 Å². The van der Waals surface area contributed by atoms with Gasteiger partial charge in [0.1, 0.15) is 0 Å². The van der Waals surface area contributed by atoms with Crippen LogP contribution in [0.5, 0.6) is 0 Å². The fourth-order valence-corrected chi connectivity index (χ4v) is 2.41. The molecule has 0 radical (unpaired) electrons. The second kappa shape index (κ2) is 5.83. The van der Waals surface area contributed by atoms with Crippen LogP contribution in [0.2, 0.25) is 0 Å². The highest BCUT2D eigenvalue weighted by Crippen LogP contribution is 2.17. The van der Waals surface area contributed by atoms with Gasteiger partial charge in [0.15, 0.2) is 0 Å². The van der Waals surface area contributed by atoms with E-state index in [0.717, 1.165) is 24.9 Å². The zero-order chi connectivity index (χ0) is 13.0. The first-order chi connectivity index (χ1) is 8.70. The summed E-state index contributed by atoms with van der Waals surface area (Å²) in [5, 5.41) is 0. The largest absolute Gasteiger partial charge is 0.335 e. The molecule has 1 atom stereocenters. The Balaban J connectivity index is 2.02. The summed E-state index contributed by atoms with van der Waals surface area (Å²) < 4.78 is 0. The minimum atomic E-state index is 0.0736. The van der Waals surface area contributed by atoms with Crippen LogP contribution in [0.15, 0.2) is 30.3 Å². The number of aryl methyl sites for hydroxylation is 1. The van der Waals surface area contributed by atoms with E-state index < -0.39 is 0 Å². The van der Waals surface area contributed by atoms with Crippen molar-refractivity contribution in [2.75, 3.05) is 13.1 Å². The normalized spacial score (nSPS) is 19.7. The quantitative estimate of drug-likeness (QED) is 0.826. The Morgan fingerprint density at radius 1 is 1.56 bits per heavy atom. The van der Waals surface area contributed by atoms with E-state index in [1.165, 1.54) is 5.56 Å². The Kier molecular flexibility index (Phi) is 4.15. The molecule has 0 bridgehead atoms. The van der Waals surface area contributed by atoms with Crippen molar-refractivity contribution < 1.29 is 4.79 Å². The van der Waals surface area contributed by atoms with Crippen LogP contribution in [0.3, 0.4) is 0 Å². The monoisotopic (exact) mass is 244 g/mol. The fourth-order valence-electron chi connectivity index (χ4n) is 2.41. The SMILES string of the molecule is Cc1cccc(/C=C/C(=O)N2CCCC2CN)c1. The third-order valence-electron chi connectivity index (χ3n) is 3.39. The molecular weight excluding hydrogens is 224 g/mol. The zero-order valence-electron chi connectivity index (χ0n) is 10.8. The summed E-state index contributed by atoms with van der Waals surface area (Å²) >= 11 is 0. The molecule has 0 aromatic heterocycles. The number of hydrogen-bond acceptors (Lipinski definition) is 2. The van der Waals surface area contributed by atoms with Gasteiger partial charge in [-0.05, 0) is 31.4 Å². The van der Waals surface area contributed by atoms with Gasteiger partial charge in [0.25, 0.3) is 0 Å². The summed E-state index contributed by atoms with van der Waals surface area (Å²) in [5.74, 6) is 0.0736. The van der Waals surface area contributed by atoms with Gasteiger partial charge in [-0.25, -0.2) is 0 Å². The van der Waals surface area contributed by atoms with Crippen molar-refractivity contribution in [1.29, 1.82) is 0 Å². The molecule has 3 heteroatoms. The smallest absolute Gasteiger partial charge is 0.246 e. The number of nitrogens with zero attached hydrogens (tertiary/aromatic N) is 1. The van der Waals surface area contributed by atoms with E-state index in [9.17, 15) is 4.79 Å². The number of benzene rings is 1. The predicted molar refractivity (Wildman–Crippen MR) is 74.0 cm³/mol. The van der Waals surface area contributed by atoms with Crippen LogP contribution in [0.1, 0.15) is 24.0 Å². The highest BCUT2D eigenvalue weighted by molar-refractivity contribution is 5.92. The van der Waals surface area contributed by atoms with E-state index >= 15 is 0 Å². The molecular formula is C15H20N2O. The summed E-state index contributed by atoms with van der Waals surface area (Å²) in [5.41, 5.74) is 7.93. The molecule has 1 aliphatic rings. The zero-order valence-corrected chi connectivity index (χ0v) is 10.8. The van der Waals surface area contributed by atoms with Crippen LogP contribution < -0.4 is 5.73 Å². The van der Waals surface area contributed by atoms with E-state index in [4.69, 9.17) is 5.73 Å². The average Bonchev–Trinajstić information content (AvgIpc) is 2.84. The highest BCUT2D eigenvalue weighted by Gasteiger charge is 2.25. The lowest BCUT2D eigenvalue weighted by Crippen LogP contribution is -2.38. The Morgan fingerprint density at radius 2 is 2.39 bits per heavy atom. The maximum absolute atomic E-state index is 12.1. The van der Waals surface area contributed by atoms with Crippen molar-refractivity contribution in [1.82, 2.24) is 4.90 Å². The molecule has 0 saturated carbocycles. The van der Waals surface area contributed by atoms with Gasteiger partial charge in [0, 0.05) is 25.2 Å². The first kappa shape index (κ1) is 12.8. The summed E-state index contributed by atoms with van der Waals surface area (Å²) in [4.78, 5) is 13.9. The third kappa shape index (κ3) is 2.99. The Hall–Kier alpha value is -1.61. The molecule has 1 heterocycles. The molecule has 1 aliphatic heterocycles. The second-order valence-electron chi connectivity index (χ2n) is 4.81. The number of likely N-dealkylation sites (tertiary alicyclic amines) is 1. The Bertz CT molecular complexity index is 454. The first-order valence-electron chi connectivity index (χ1n) is 6.46. The molecule has 1 fully saturated rings. The number of nitrogens with two attached hydrogens (primary N) is 1. The summed E-state index contributed by atoms with van der Waals surface area (Å²) in [6.07, 6.45) is 5.62. The van der Waals surface area contributed by atoms with E-state index in [2.05, 4.69) is 6.07 Å². The lowest BCUT2D eigenvalue weighted by Gasteiger charge is -2.21. The van der Waals surface area contributed by atoms with Gasteiger partial charge in [0.2, 0.25) is 5.91 Å². The molecule has 1 amide bonds. The maximum Gasteiger partial charge on any atom is 0.246 e. The molecule has 1 aromatic rings. The third-order valence-corrected chi connectivity index (χ3v) is 3.39. The number of carbonyl (C=O) groups excluding carboxylic acids is 1. The molecule has 96 valence electrons. The van der Waals surface area contributed by atoms with Crippen molar-refractivity contribution in [2.24, 2.45) is 5.73 Å². The predicted octanol–water partition coefficient (Wildman–Crippen LogP) is 1.96. The van der Waals surface area contributed by atoms with Crippen molar-refractivity contribution in [3.63, 3.8) is 0 Å². The van der Waals surface area contributed by atoms with Gasteiger partial charge >= 0.3 is 0 Å². The van der Waals surface area contributed by atoms with Crippen LogP contribution in [0.4, 0.5) is 0 Å². The number of carbonyl (C=O) groups is 1. The van der Waals surface area contributed by atoms with E-state index in [1.54, 1.807) is 6.08 Å². The van der Waals surface area contributed by atoms with E-state index in [-0.39, 0.29) is 11.9 Å². The Morgan fingerprint density at radius 3 is 3.11 bits per heavy atom. The standard InChI is InChI=1S/C15H20N2O/c1-12-4-2-5-13(10-12)7-8-15(18)17-9-3-6-14(17)11-16/h2,4-5,7-8,10,14H,3,6,9,11,16H2,1H3/b8-7+. The average molecular weight is 244 g/mol. The van der Waals surface area contributed by atoms with Gasteiger partial charge < -0.3 is 10.6 Å². The van der Waals surface area contributed by atoms with Crippen molar-refractivity contribution in [3.8, 4) is 0 Å². The van der Waals surface area contributed by atoms with Gasteiger partial charge in [-0.2, -0.15) is 0 Å². The molecule has 18 heavy (non-hydrogen) atoms. The first-order valence-corrected chi connectivity index (χ1v) is 6.46. The van der Waals surface area contributed by atoms with E-state index in [0.29, 0.717) is 6.54 Å². The minimum Gasteiger partial charge on any atom is -0.335 e. The fraction of sp³-hybridized carbons (Fsp3) is 0.400. The molecule has 2 N–H and O–H groups in total. The molecule has 1 saturated heterocycles. The highest BCUT2D eigenvalue weighted by atomic mass is 16.2. The van der Waals surface area contributed by atoms with Crippen LogP contribution in [-0.4, -0.2) is 29.9 Å². The van der Waals surface area contributed by atoms with Crippen LogP contribution >= 0.6 is 0 Å². The molecule has 1 aromatic carbocycles. The van der Waals surface area contributed by atoms with Gasteiger partial charge in [0.05, 0.1) is 0 Å². The molecule has 3 nitrogen and oxygen atoms in total. The number of hydrogen-bond donors (Lipinski definition) is 1. The molecule has 0 spiro atoms. The summed E-state index contributed by atoms with van der Waals surface area (Å²) in [6, 6.07) is 8.33. The minimum absolute atomic E-state index is 0.0736. The molecule has 0 aliphatic carbocycles. The topological polar surface area (TPSA) is 46.3 Å². The molecule has 1 unspecified atom stereocenters. The maximum atomic E-state index is 12.1.